The molecule has 0 aliphatic carbocycles. The van der Waals surface area contributed by atoms with Gasteiger partial charge in [-0.25, -0.2) is 4.57 Å². The van der Waals surface area contributed by atoms with Crippen molar-refractivity contribution in [2.75, 3.05) is 19.0 Å². The molecule has 0 saturated heterocycles. The number of hydrogen-bond acceptors (Lipinski definition) is 3. The van der Waals surface area contributed by atoms with Crippen LogP contribution >= 0.6 is 0 Å². The SMILES string of the molecule is CN(C)c1cccc[n+]1Cc1ccc([N+](=O)[O-])cc1. The first kappa shape index (κ1) is 13.0. The van der Waals surface area contributed by atoms with E-state index >= 15 is 0 Å². The molecule has 19 heavy (non-hydrogen) atoms. The van der Waals surface area contributed by atoms with Crippen molar-refractivity contribution in [1.29, 1.82) is 0 Å². The average molecular weight is 258 g/mol. The van der Waals surface area contributed by atoms with Crippen molar-refractivity contribution in [3.8, 4) is 0 Å². The van der Waals surface area contributed by atoms with Crippen LogP contribution in [0.5, 0.6) is 0 Å². The van der Waals surface area contributed by atoms with Gasteiger partial charge >= 0.3 is 0 Å². The van der Waals surface area contributed by atoms with E-state index in [0.717, 1.165) is 11.4 Å². The molecule has 1 aromatic carbocycles. The zero-order valence-corrected chi connectivity index (χ0v) is 11.0. The fourth-order valence-corrected chi connectivity index (χ4v) is 1.93. The first-order chi connectivity index (χ1) is 9.08. The Labute approximate surface area is 111 Å². The van der Waals surface area contributed by atoms with Crippen molar-refractivity contribution in [2.24, 2.45) is 0 Å². The van der Waals surface area contributed by atoms with Crippen LogP contribution < -0.4 is 9.47 Å². The van der Waals surface area contributed by atoms with Crippen LogP contribution in [0.25, 0.3) is 0 Å². The van der Waals surface area contributed by atoms with E-state index in [0.29, 0.717) is 6.54 Å². The van der Waals surface area contributed by atoms with E-state index < -0.39 is 0 Å². The van der Waals surface area contributed by atoms with E-state index in [9.17, 15) is 10.1 Å². The number of benzene rings is 1. The molecule has 0 aliphatic heterocycles. The van der Waals surface area contributed by atoms with E-state index in [4.69, 9.17) is 0 Å². The summed E-state index contributed by atoms with van der Waals surface area (Å²) in [6, 6.07) is 12.6. The summed E-state index contributed by atoms with van der Waals surface area (Å²) in [5.41, 5.74) is 1.15. The molecular formula is C14H16N3O2+. The monoisotopic (exact) mass is 258 g/mol. The molecular weight excluding hydrogens is 242 g/mol. The largest absolute Gasteiger partial charge is 0.276 e. The van der Waals surface area contributed by atoms with Crippen LogP contribution in [-0.4, -0.2) is 19.0 Å². The number of non-ortho nitro benzene ring substituents is 1. The number of anilines is 1. The molecule has 98 valence electrons. The lowest BCUT2D eigenvalue weighted by Crippen LogP contribution is -2.39. The molecule has 0 N–H and O–H groups in total. The zero-order chi connectivity index (χ0) is 13.8. The molecule has 5 nitrogen and oxygen atoms in total. The molecule has 1 heterocycles. The molecule has 0 fully saturated rings. The highest BCUT2D eigenvalue weighted by Crippen LogP contribution is 2.12. The maximum absolute atomic E-state index is 10.6. The van der Waals surface area contributed by atoms with E-state index in [1.54, 1.807) is 12.1 Å². The van der Waals surface area contributed by atoms with Crippen LogP contribution in [0.4, 0.5) is 11.5 Å². The van der Waals surface area contributed by atoms with E-state index in [1.165, 1.54) is 12.1 Å². The number of nitro benzene ring substituents is 1. The number of rotatable bonds is 4. The standard InChI is InChI=1S/C14H16N3O2/c1-15(2)14-5-3-4-10-16(14)11-12-6-8-13(9-7-12)17(18)19/h3-10H,11H2,1-2H3/q+1. The van der Waals surface area contributed by atoms with Gasteiger partial charge in [0.1, 0.15) is 6.54 Å². The summed E-state index contributed by atoms with van der Waals surface area (Å²) in [7, 11) is 3.98. The minimum atomic E-state index is -0.384. The molecule has 0 saturated carbocycles. The highest BCUT2D eigenvalue weighted by atomic mass is 16.6. The van der Waals surface area contributed by atoms with Crippen LogP contribution in [0.15, 0.2) is 48.7 Å². The second kappa shape index (κ2) is 5.48. The van der Waals surface area contributed by atoms with Crippen LogP contribution in [0.3, 0.4) is 0 Å². The quantitative estimate of drug-likeness (QED) is 0.479. The summed E-state index contributed by atoms with van der Waals surface area (Å²) < 4.78 is 2.10. The summed E-state index contributed by atoms with van der Waals surface area (Å²) >= 11 is 0. The lowest BCUT2D eigenvalue weighted by atomic mass is 10.2. The fourth-order valence-electron chi connectivity index (χ4n) is 1.93. The predicted octanol–water partition coefficient (Wildman–Crippen LogP) is 2.00. The van der Waals surface area contributed by atoms with Gasteiger partial charge in [0.2, 0.25) is 0 Å². The summed E-state index contributed by atoms with van der Waals surface area (Å²) in [4.78, 5) is 12.3. The van der Waals surface area contributed by atoms with Crippen LogP contribution in [0.1, 0.15) is 5.56 Å². The zero-order valence-electron chi connectivity index (χ0n) is 11.0. The van der Waals surface area contributed by atoms with Gasteiger partial charge < -0.3 is 0 Å². The normalized spacial score (nSPS) is 10.2. The van der Waals surface area contributed by atoms with Crippen molar-refractivity contribution in [3.63, 3.8) is 0 Å². The number of hydrogen-bond donors (Lipinski definition) is 0. The Hall–Kier alpha value is -2.43. The van der Waals surface area contributed by atoms with Gasteiger partial charge in [0.25, 0.3) is 11.5 Å². The predicted molar refractivity (Wildman–Crippen MR) is 73.2 cm³/mol. The third-order valence-electron chi connectivity index (χ3n) is 2.87. The lowest BCUT2D eigenvalue weighted by Gasteiger charge is -2.10. The van der Waals surface area contributed by atoms with Crippen molar-refractivity contribution in [3.05, 3.63) is 64.3 Å². The summed E-state index contributed by atoms with van der Waals surface area (Å²) in [5, 5.41) is 10.6. The Balaban J connectivity index is 2.24. The van der Waals surface area contributed by atoms with Crippen molar-refractivity contribution in [2.45, 2.75) is 6.54 Å². The highest BCUT2D eigenvalue weighted by molar-refractivity contribution is 5.33. The van der Waals surface area contributed by atoms with Crippen molar-refractivity contribution >= 4 is 11.5 Å². The minimum absolute atomic E-state index is 0.120. The highest BCUT2D eigenvalue weighted by Gasteiger charge is 2.11. The lowest BCUT2D eigenvalue weighted by molar-refractivity contribution is -0.675. The average Bonchev–Trinajstić information content (AvgIpc) is 2.39. The number of pyridine rings is 1. The fraction of sp³-hybridized carbons (Fsp3) is 0.214. The van der Waals surface area contributed by atoms with E-state index in [2.05, 4.69) is 4.57 Å². The second-order valence-corrected chi connectivity index (χ2v) is 4.50. The van der Waals surface area contributed by atoms with Crippen molar-refractivity contribution in [1.82, 2.24) is 0 Å². The molecule has 0 spiro atoms. The smallest absolute Gasteiger partial charge is 0.267 e. The molecule has 1 aromatic heterocycles. The molecule has 0 atom stereocenters. The van der Waals surface area contributed by atoms with Crippen molar-refractivity contribution < 1.29 is 9.49 Å². The molecule has 5 heteroatoms. The molecule has 2 rings (SSSR count). The minimum Gasteiger partial charge on any atom is -0.267 e. The van der Waals surface area contributed by atoms with Gasteiger partial charge in [0.15, 0.2) is 0 Å². The van der Waals surface area contributed by atoms with Gasteiger partial charge in [0.05, 0.1) is 25.2 Å². The van der Waals surface area contributed by atoms with E-state index in [1.807, 2.05) is 43.4 Å². The third-order valence-corrected chi connectivity index (χ3v) is 2.87. The second-order valence-electron chi connectivity index (χ2n) is 4.50. The van der Waals surface area contributed by atoms with Gasteiger partial charge in [-0.3, -0.25) is 15.0 Å². The molecule has 0 aliphatic rings. The Morgan fingerprint density at radius 3 is 2.42 bits per heavy atom. The number of nitrogens with zero attached hydrogens (tertiary/aromatic N) is 3. The van der Waals surface area contributed by atoms with E-state index in [-0.39, 0.29) is 10.6 Å². The maximum atomic E-state index is 10.6. The molecule has 0 amide bonds. The Morgan fingerprint density at radius 2 is 1.84 bits per heavy atom. The maximum Gasteiger partial charge on any atom is 0.276 e. The van der Waals surface area contributed by atoms with Gasteiger partial charge in [-0.2, -0.15) is 0 Å². The summed E-state index contributed by atoms with van der Waals surface area (Å²) in [6.45, 7) is 0.687. The summed E-state index contributed by atoms with van der Waals surface area (Å²) in [5.74, 6) is 1.08. The van der Waals surface area contributed by atoms with Crippen LogP contribution in [-0.2, 0) is 6.54 Å². The van der Waals surface area contributed by atoms with Gasteiger partial charge in [-0.15, -0.1) is 0 Å². The van der Waals surface area contributed by atoms with Gasteiger partial charge in [0, 0.05) is 18.2 Å². The Kier molecular flexibility index (Phi) is 3.75. The molecule has 0 unspecified atom stereocenters. The Morgan fingerprint density at radius 1 is 1.16 bits per heavy atom. The first-order valence-electron chi connectivity index (χ1n) is 5.97. The molecule has 2 aromatic rings. The number of aromatic nitrogens is 1. The van der Waals surface area contributed by atoms with Crippen LogP contribution in [0, 0.1) is 10.1 Å². The third kappa shape index (κ3) is 3.07. The Bertz CT molecular complexity index is 579. The summed E-state index contributed by atoms with van der Waals surface area (Å²) in [6.07, 6.45) is 2.00. The van der Waals surface area contributed by atoms with Gasteiger partial charge in [-0.05, 0) is 23.8 Å². The molecule has 0 radical (unpaired) electrons. The first-order valence-corrected chi connectivity index (χ1v) is 5.97. The molecule has 0 bridgehead atoms. The van der Waals surface area contributed by atoms with Gasteiger partial charge in [-0.1, -0.05) is 6.07 Å². The topological polar surface area (TPSA) is 50.3 Å². The van der Waals surface area contributed by atoms with Crippen LogP contribution in [0.2, 0.25) is 0 Å². The number of nitro groups is 1.